The lowest BCUT2D eigenvalue weighted by atomic mass is 10.3. The van der Waals surface area contributed by atoms with Crippen LogP contribution in [0.5, 0.6) is 0 Å². The van der Waals surface area contributed by atoms with Crippen molar-refractivity contribution in [2.24, 2.45) is 0 Å². The van der Waals surface area contributed by atoms with Crippen LogP contribution in [0.3, 0.4) is 0 Å². The Kier molecular flexibility index (Phi) is 5.09. The van der Waals surface area contributed by atoms with Crippen molar-refractivity contribution < 1.29 is 28.2 Å². The molecule has 110 valence electrons. The fourth-order valence-electron chi connectivity index (χ4n) is 1.61. The summed E-state index contributed by atoms with van der Waals surface area (Å²) in [6.45, 7) is 0.464. The summed E-state index contributed by atoms with van der Waals surface area (Å²) in [6, 6.07) is -0.520. The highest BCUT2D eigenvalue weighted by Crippen LogP contribution is 2.05. The molecule has 2 amide bonds. The summed E-state index contributed by atoms with van der Waals surface area (Å²) >= 11 is 0. The molecular formula is C9H17N3O6S. The van der Waals surface area contributed by atoms with Crippen LogP contribution < -0.4 is 5.32 Å². The van der Waals surface area contributed by atoms with E-state index >= 15 is 0 Å². The zero-order chi connectivity index (χ0) is 14.6. The number of aliphatic hydroxyl groups is 1. The smallest absolute Gasteiger partial charge is 0.334 e. The zero-order valence-electron chi connectivity index (χ0n) is 10.4. The Morgan fingerprint density at radius 3 is 2.21 bits per heavy atom. The Hall–Kier alpha value is -1.39. The van der Waals surface area contributed by atoms with Crippen LogP contribution in [-0.2, 0) is 14.8 Å². The number of amides is 2. The predicted molar refractivity (Wildman–Crippen MR) is 65.0 cm³/mol. The third-order valence-electron chi connectivity index (χ3n) is 2.73. The Bertz CT molecular complexity index is 443. The summed E-state index contributed by atoms with van der Waals surface area (Å²) in [5, 5.41) is 19.7. The van der Waals surface area contributed by atoms with E-state index in [1.807, 2.05) is 0 Å². The first kappa shape index (κ1) is 15.7. The van der Waals surface area contributed by atoms with Crippen molar-refractivity contribution in [3.8, 4) is 0 Å². The van der Waals surface area contributed by atoms with E-state index < -0.39 is 28.1 Å². The summed E-state index contributed by atoms with van der Waals surface area (Å²) in [5.74, 6) is -1.41. The monoisotopic (exact) mass is 295 g/mol. The van der Waals surface area contributed by atoms with Gasteiger partial charge in [0, 0.05) is 26.2 Å². The number of rotatable bonds is 4. The largest absolute Gasteiger partial charge is 0.479 e. The average Bonchev–Trinajstić information content (AvgIpc) is 2.34. The molecule has 1 aliphatic heterocycles. The van der Waals surface area contributed by atoms with Gasteiger partial charge in [0.2, 0.25) is 10.0 Å². The van der Waals surface area contributed by atoms with Crippen LogP contribution in [-0.4, -0.2) is 84.9 Å². The van der Waals surface area contributed by atoms with E-state index in [0.717, 1.165) is 6.26 Å². The van der Waals surface area contributed by atoms with E-state index in [0.29, 0.717) is 0 Å². The number of nitrogens with zero attached hydrogens (tertiary/aromatic N) is 2. The number of aliphatic hydroxyl groups excluding tert-OH is 1. The molecule has 19 heavy (non-hydrogen) atoms. The highest BCUT2D eigenvalue weighted by atomic mass is 32.2. The van der Waals surface area contributed by atoms with Gasteiger partial charge in [-0.05, 0) is 0 Å². The van der Waals surface area contributed by atoms with Crippen LogP contribution in [0.1, 0.15) is 0 Å². The molecule has 0 aromatic rings. The molecule has 0 radical (unpaired) electrons. The van der Waals surface area contributed by atoms with Gasteiger partial charge in [-0.3, -0.25) is 0 Å². The summed E-state index contributed by atoms with van der Waals surface area (Å²) in [5.41, 5.74) is 0. The van der Waals surface area contributed by atoms with Crippen LogP contribution in [0.4, 0.5) is 4.79 Å². The molecule has 1 fully saturated rings. The first-order valence-corrected chi connectivity index (χ1v) is 7.45. The lowest BCUT2D eigenvalue weighted by Gasteiger charge is -2.33. The molecule has 1 rings (SSSR count). The number of piperazine rings is 1. The van der Waals surface area contributed by atoms with Gasteiger partial charge < -0.3 is 20.4 Å². The number of carbonyl (C=O) groups excluding carboxylic acids is 1. The Morgan fingerprint density at radius 1 is 1.26 bits per heavy atom. The molecule has 0 bridgehead atoms. The van der Waals surface area contributed by atoms with Crippen LogP contribution in [0, 0.1) is 0 Å². The molecule has 10 heteroatoms. The molecule has 0 aromatic carbocycles. The minimum Gasteiger partial charge on any atom is -0.479 e. The Morgan fingerprint density at radius 2 is 1.79 bits per heavy atom. The summed E-state index contributed by atoms with van der Waals surface area (Å²) in [7, 11) is -3.25. The minimum absolute atomic E-state index is 0.202. The standard InChI is InChI=1S/C9H17N3O6S/c1-19(17,18)12-4-2-11(3-5-12)9(16)10-6-7(13)8(14)15/h7,13H,2-6H2,1H3,(H,10,16)(H,14,15)/t7-/m0/s1. The molecule has 0 unspecified atom stereocenters. The van der Waals surface area contributed by atoms with Gasteiger partial charge in [0.05, 0.1) is 12.8 Å². The number of carbonyl (C=O) groups is 2. The number of hydrogen-bond donors (Lipinski definition) is 3. The third kappa shape index (κ3) is 4.65. The van der Waals surface area contributed by atoms with E-state index in [4.69, 9.17) is 10.2 Å². The van der Waals surface area contributed by atoms with Crippen molar-refractivity contribution >= 4 is 22.0 Å². The van der Waals surface area contributed by atoms with E-state index in [2.05, 4.69) is 5.32 Å². The minimum atomic E-state index is -3.25. The van der Waals surface area contributed by atoms with Crippen molar-refractivity contribution in [3.63, 3.8) is 0 Å². The molecule has 0 spiro atoms. The van der Waals surface area contributed by atoms with Gasteiger partial charge in [-0.2, -0.15) is 4.31 Å². The Labute approximate surface area is 110 Å². The number of aliphatic carboxylic acids is 1. The van der Waals surface area contributed by atoms with Crippen LogP contribution >= 0.6 is 0 Å². The lowest BCUT2D eigenvalue weighted by molar-refractivity contribution is -0.146. The van der Waals surface area contributed by atoms with Gasteiger partial charge in [0.1, 0.15) is 0 Å². The summed E-state index contributed by atoms with van der Waals surface area (Å²) in [4.78, 5) is 23.3. The number of sulfonamides is 1. The van der Waals surface area contributed by atoms with Gasteiger partial charge in [-0.1, -0.05) is 0 Å². The number of nitrogens with one attached hydrogen (secondary N) is 1. The van der Waals surface area contributed by atoms with Gasteiger partial charge >= 0.3 is 12.0 Å². The maximum Gasteiger partial charge on any atom is 0.334 e. The molecule has 0 aromatic heterocycles. The van der Waals surface area contributed by atoms with Gasteiger partial charge in [-0.25, -0.2) is 18.0 Å². The quantitative estimate of drug-likeness (QED) is 0.536. The van der Waals surface area contributed by atoms with Gasteiger partial charge in [0.25, 0.3) is 0 Å². The number of hydrogen-bond acceptors (Lipinski definition) is 5. The van der Waals surface area contributed by atoms with Crippen molar-refractivity contribution in [2.75, 3.05) is 39.0 Å². The van der Waals surface area contributed by atoms with Crippen LogP contribution in [0.25, 0.3) is 0 Å². The SMILES string of the molecule is CS(=O)(=O)N1CCN(C(=O)NC[C@H](O)C(=O)O)CC1. The predicted octanol–water partition coefficient (Wildman–Crippen LogP) is -2.28. The molecule has 3 N–H and O–H groups in total. The highest BCUT2D eigenvalue weighted by molar-refractivity contribution is 7.88. The molecule has 1 atom stereocenters. The summed E-state index contributed by atoms with van der Waals surface area (Å²) in [6.07, 6.45) is -0.548. The molecule has 9 nitrogen and oxygen atoms in total. The van der Waals surface area contributed by atoms with Crippen LogP contribution in [0.15, 0.2) is 0 Å². The summed E-state index contributed by atoms with van der Waals surface area (Å²) < 4.78 is 23.8. The van der Waals surface area contributed by atoms with Crippen molar-refractivity contribution in [1.29, 1.82) is 0 Å². The van der Waals surface area contributed by atoms with Crippen molar-refractivity contribution in [1.82, 2.24) is 14.5 Å². The van der Waals surface area contributed by atoms with E-state index in [1.165, 1.54) is 9.21 Å². The molecule has 1 aliphatic rings. The molecule has 0 aliphatic carbocycles. The second-order valence-electron chi connectivity index (χ2n) is 4.19. The molecule has 1 saturated heterocycles. The second-order valence-corrected chi connectivity index (χ2v) is 6.17. The van der Waals surface area contributed by atoms with Gasteiger partial charge in [0.15, 0.2) is 6.10 Å². The number of urea groups is 1. The van der Waals surface area contributed by atoms with E-state index in [1.54, 1.807) is 0 Å². The first-order chi connectivity index (χ1) is 8.71. The highest BCUT2D eigenvalue weighted by Gasteiger charge is 2.26. The molecule has 1 heterocycles. The topological polar surface area (TPSA) is 127 Å². The average molecular weight is 295 g/mol. The zero-order valence-corrected chi connectivity index (χ0v) is 11.3. The van der Waals surface area contributed by atoms with Crippen LogP contribution in [0.2, 0.25) is 0 Å². The number of carboxylic acids is 1. The fraction of sp³-hybridized carbons (Fsp3) is 0.778. The van der Waals surface area contributed by atoms with E-state index in [9.17, 15) is 18.0 Å². The van der Waals surface area contributed by atoms with E-state index in [-0.39, 0.29) is 32.7 Å². The van der Waals surface area contributed by atoms with Crippen molar-refractivity contribution in [3.05, 3.63) is 0 Å². The maximum atomic E-state index is 11.6. The van der Waals surface area contributed by atoms with Gasteiger partial charge in [-0.15, -0.1) is 0 Å². The van der Waals surface area contributed by atoms with Crippen molar-refractivity contribution in [2.45, 2.75) is 6.10 Å². The first-order valence-electron chi connectivity index (χ1n) is 5.60. The molecule has 0 saturated carbocycles. The Balaban J connectivity index is 2.39. The normalized spacial score (nSPS) is 18.9. The third-order valence-corrected chi connectivity index (χ3v) is 4.03. The number of carboxylic acid groups (broad SMARTS) is 1. The molecular weight excluding hydrogens is 278 g/mol. The second kappa shape index (κ2) is 6.17. The maximum absolute atomic E-state index is 11.6. The lowest BCUT2D eigenvalue weighted by Crippen LogP contribution is -2.53. The fourth-order valence-corrected chi connectivity index (χ4v) is 2.43.